The van der Waals surface area contributed by atoms with Gasteiger partial charge >= 0.3 is 0 Å². The van der Waals surface area contributed by atoms with E-state index in [0.29, 0.717) is 29.8 Å². The van der Waals surface area contributed by atoms with Crippen LogP contribution in [0.3, 0.4) is 0 Å². The Morgan fingerprint density at radius 1 is 1.47 bits per heavy atom. The molecule has 0 amide bonds. The van der Waals surface area contributed by atoms with Gasteiger partial charge in [0.1, 0.15) is 5.82 Å². The molecule has 2 nitrogen and oxygen atoms in total. The molecular weight excluding hydrogens is 287 g/mol. The van der Waals surface area contributed by atoms with Crippen LogP contribution < -0.4 is 0 Å². The van der Waals surface area contributed by atoms with Crippen molar-refractivity contribution >= 4 is 15.9 Å². The van der Waals surface area contributed by atoms with E-state index in [1.54, 1.807) is 13.2 Å². The third-order valence-electron chi connectivity index (χ3n) is 2.61. The van der Waals surface area contributed by atoms with Gasteiger partial charge in [0, 0.05) is 13.7 Å². The molecule has 0 saturated carbocycles. The molecule has 2 unspecified atom stereocenters. The molecule has 0 aliphatic heterocycles. The summed E-state index contributed by atoms with van der Waals surface area (Å²) in [5.41, 5.74) is 0.794. The highest BCUT2D eigenvalue weighted by molar-refractivity contribution is 9.10. The molecule has 0 radical (unpaired) electrons. The quantitative estimate of drug-likeness (QED) is 0.875. The van der Waals surface area contributed by atoms with E-state index in [1.807, 2.05) is 13.0 Å². The Kier molecular flexibility index (Phi) is 6.09. The lowest BCUT2D eigenvalue weighted by atomic mass is 9.99. The molecule has 0 fully saturated rings. The minimum atomic E-state index is -0.474. The van der Waals surface area contributed by atoms with Gasteiger partial charge in [-0.1, -0.05) is 19.1 Å². The van der Waals surface area contributed by atoms with E-state index >= 15 is 0 Å². The standard InChI is InChI=1S/C13H18BrFO2/c1-9(8-17-2)6-11(16)7-10-4-3-5-12(15)13(10)14/h3-5,9,11,16H,6-8H2,1-2H3. The van der Waals surface area contributed by atoms with Gasteiger partial charge in [0.15, 0.2) is 0 Å². The summed E-state index contributed by atoms with van der Waals surface area (Å²) < 4.78 is 18.7. The summed E-state index contributed by atoms with van der Waals surface area (Å²) in [5, 5.41) is 9.92. The number of methoxy groups -OCH3 is 1. The number of rotatable bonds is 6. The summed E-state index contributed by atoms with van der Waals surface area (Å²) in [6.45, 7) is 2.65. The highest BCUT2D eigenvalue weighted by Crippen LogP contribution is 2.23. The molecule has 96 valence electrons. The molecular formula is C13H18BrFO2. The zero-order valence-corrected chi connectivity index (χ0v) is 11.7. The van der Waals surface area contributed by atoms with Crippen LogP contribution in [-0.2, 0) is 11.2 Å². The largest absolute Gasteiger partial charge is 0.393 e. The Bertz CT molecular complexity index is 357. The van der Waals surface area contributed by atoms with Crippen molar-refractivity contribution < 1.29 is 14.2 Å². The van der Waals surface area contributed by atoms with Crippen LogP contribution in [0.2, 0.25) is 0 Å². The summed E-state index contributed by atoms with van der Waals surface area (Å²) in [7, 11) is 1.64. The average molecular weight is 305 g/mol. The third-order valence-corrected chi connectivity index (χ3v) is 3.50. The maximum atomic E-state index is 13.3. The predicted molar refractivity (Wildman–Crippen MR) is 69.5 cm³/mol. The van der Waals surface area contributed by atoms with E-state index in [-0.39, 0.29) is 5.82 Å². The number of ether oxygens (including phenoxy) is 1. The van der Waals surface area contributed by atoms with Crippen molar-refractivity contribution in [1.82, 2.24) is 0 Å². The Morgan fingerprint density at radius 3 is 2.82 bits per heavy atom. The van der Waals surface area contributed by atoms with Crippen LogP contribution in [0, 0.1) is 11.7 Å². The second-order valence-corrected chi connectivity index (χ2v) is 5.16. The number of benzene rings is 1. The molecule has 4 heteroatoms. The number of hydrogen-bond donors (Lipinski definition) is 1. The zero-order valence-electron chi connectivity index (χ0n) is 10.1. The van der Waals surface area contributed by atoms with Crippen LogP contribution in [0.25, 0.3) is 0 Å². The van der Waals surface area contributed by atoms with Gasteiger partial charge in [-0.2, -0.15) is 0 Å². The second-order valence-electron chi connectivity index (χ2n) is 4.37. The van der Waals surface area contributed by atoms with Crippen molar-refractivity contribution in [2.75, 3.05) is 13.7 Å². The Morgan fingerprint density at radius 2 is 2.18 bits per heavy atom. The first-order chi connectivity index (χ1) is 8.04. The molecule has 2 atom stereocenters. The molecule has 0 saturated heterocycles. The first-order valence-corrected chi connectivity index (χ1v) is 6.43. The molecule has 0 heterocycles. The van der Waals surface area contributed by atoms with Gasteiger partial charge in [0.25, 0.3) is 0 Å². The third kappa shape index (κ3) is 4.74. The van der Waals surface area contributed by atoms with Crippen molar-refractivity contribution in [2.24, 2.45) is 5.92 Å². The lowest BCUT2D eigenvalue weighted by molar-refractivity contribution is 0.101. The molecule has 1 rings (SSSR count). The number of aliphatic hydroxyl groups is 1. The maximum absolute atomic E-state index is 13.3. The predicted octanol–water partition coefficient (Wildman–Crippen LogP) is 3.16. The average Bonchev–Trinajstić information content (AvgIpc) is 2.25. The number of hydrogen-bond acceptors (Lipinski definition) is 2. The monoisotopic (exact) mass is 304 g/mol. The summed E-state index contributed by atoms with van der Waals surface area (Å²) in [6, 6.07) is 4.87. The van der Waals surface area contributed by atoms with Gasteiger partial charge in [0.05, 0.1) is 10.6 Å². The highest BCUT2D eigenvalue weighted by Gasteiger charge is 2.13. The van der Waals surface area contributed by atoms with Crippen LogP contribution in [0.15, 0.2) is 22.7 Å². The molecule has 0 aromatic heterocycles. The smallest absolute Gasteiger partial charge is 0.137 e. The van der Waals surface area contributed by atoms with Crippen LogP contribution in [-0.4, -0.2) is 24.9 Å². The number of aliphatic hydroxyl groups excluding tert-OH is 1. The zero-order chi connectivity index (χ0) is 12.8. The Hall–Kier alpha value is -0.450. The molecule has 0 spiro atoms. The first-order valence-electron chi connectivity index (χ1n) is 5.64. The maximum Gasteiger partial charge on any atom is 0.137 e. The fourth-order valence-corrected chi connectivity index (χ4v) is 2.29. The van der Waals surface area contributed by atoms with Crippen molar-refractivity contribution in [3.63, 3.8) is 0 Å². The van der Waals surface area contributed by atoms with Gasteiger partial charge in [0.2, 0.25) is 0 Å². The van der Waals surface area contributed by atoms with Crippen LogP contribution in [0.4, 0.5) is 4.39 Å². The van der Waals surface area contributed by atoms with Gasteiger partial charge in [-0.3, -0.25) is 0 Å². The molecule has 0 aliphatic carbocycles. The minimum Gasteiger partial charge on any atom is -0.393 e. The van der Waals surface area contributed by atoms with E-state index in [2.05, 4.69) is 15.9 Å². The fourth-order valence-electron chi connectivity index (χ4n) is 1.86. The summed E-state index contributed by atoms with van der Waals surface area (Å²) in [5.74, 6) is 0.00183. The van der Waals surface area contributed by atoms with Gasteiger partial charge in [-0.05, 0) is 46.3 Å². The lowest BCUT2D eigenvalue weighted by Crippen LogP contribution is -2.17. The van der Waals surface area contributed by atoms with Crippen molar-refractivity contribution in [2.45, 2.75) is 25.9 Å². The van der Waals surface area contributed by atoms with E-state index < -0.39 is 6.10 Å². The lowest BCUT2D eigenvalue weighted by Gasteiger charge is -2.16. The summed E-state index contributed by atoms with van der Waals surface area (Å²) >= 11 is 3.19. The SMILES string of the molecule is COCC(C)CC(O)Cc1cccc(F)c1Br. The first kappa shape index (κ1) is 14.6. The van der Waals surface area contributed by atoms with Crippen LogP contribution in [0.1, 0.15) is 18.9 Å². The van der Waals surface area contributed by atoms with Gasteiger partial charge in [-0.25, -0.2) is 4.39 Å². The fraction of sp³-hybridized carbons (Fsp3) is 0.538. The Balaban J connectivity index is 2.56. The van der Waals surface area contributed by atoms with Gasteiger partial charge < -0.3 is 9.84 Å². The van der Waals surface area contributed by atoms with Crippen molar-refractivity contribution in [1.29, 1.82) is 0 Å². The second kappa shape index (κ2) is 7.09. The number of halogens is 2. The minimum absolute atomic E-state index is 0.292. The molecule has 1 N–H and O–H groups in total. The molecule has 1 aromatic carbocycles. The van der Waals surface area contributed by atoms with Crippen molar-refractivity contribution in [3.05, 3.63) is 34.1 Å². The Labute approximate surface area is 110 Å². The van der Waals surface area contributed by atoms with E-state index in [1.165, 1.54) is 6.07 Å². The topological polar surface area (TPSA) is 29.5 Å². The van der Waals surface area contributed by atoms with Crippen LogP contribution >= 0.6 is 15.9 Å². The molecule has 0 bridgehead atoms. The summed E-state index contributed by atoms with van der Waals surface area (Å²) in [4.78, 5) is 0. The highest BCUT2D eigenvalue weighted by atomic mass is 79.9. The van der Waals surface area contributed by atoms with Crippen molar-refractivity contribution in [3.8, 4) is 0 Å². The molecule has 0 aliphatic rings. The van der Waals surface area contributed by atoms with E-state index in [4.69, 9.17) is 4.74 Å². The van der Waals surface area contributed by atoms with E-state index in [0.717, 1.165) is 5.56 Å². The molecule has 1 aromatic rings. The van der Waals surface area contributed by atoms with Gasteiger partial charge in [-0.15, -0.1) is 0 Å². The van der Waals surface area contributed by atoms with E-state index in [9.17, 15) is 9.50 Å². The van der Waals surface area contributed by atoms with Crippen LogP contribution in [0.5, 0.6) is 0 Å². The summed E-state index contributed by atoms with van der Waals surface area (Å²) in [6.07, 6.45) is 0.627. The molecule has 17 heavy (non-hydrogen) atoms. The normalized spacial score (nSPS) is 14.6.